The predicted octanol–water partition coefficient (Wildman–Crippen LogP) is 3.47. The van der Waals surface area contributed by atoms with E-state index in [1.165, 1.54) is 0 Å². The summed E-state index contributed by atoms with van der Waals surface area (Å²) in [6.45, 7) is 3.88. The van der Waals surface area contributed by atoms with Gasteiger partial charge < -0.3 is 20.3 Å². The fourth-order valence-corrected chi connectivity index (χ4v) is 3.72. The van der Waals surface area contributed by atoms with Gasteiger partial charge in [0.1, 0.15) is 11.9 Å². The summed E-state index contributed by atoms with van der Waals surface area (Å²) in [5.41, 5.74) is 1.83. The molecule has 0 saturated heterocycles. The van der Waals surface area contributed by atoms with Crippen molar-refractivity contribution in [2.75, 3.05) is 17.2 Å². The van der Waals surface area contributed by atoms with Gasteiger partial charge in [0, 0.05) is 42.9 Å². The number of aliphatic hydroxyl groups is 1. The van der Waals surface area contributed by atoms with E-state index in [0.717, 1.165) is 47.7 Å². The molecule has 1 aromatic carbocycles. The van der Waals surface area contributed by atoms with Gasteiger partial charge >= 0.3 is 0 Å². The lowest BCUT2D eigenvalue weighted by molar-refractivity contribution is -0.123. The molecule has 0 saturated carbocycles. The Labute approximate surface area is 197 Å². The van der Waals surface area contributed by atoms with Crippen LogP contribution < -0.4 is 10.6 Å². The number of nitrogens with one attached hydrogen (secondary N) is 2. The summed E-state index contributed by atoms with van der Waals surface area (Å²) in [5, 5.41) is 26.3. The molecule has 0 radical (unpaired) electrons. The first-order valence-corrected chi connectivity index (χ1v) is 11.4. The highest BCUT2D eigenvalue weighted by molar-refractivity contribution is 5.96. The molecule has 0 aliphatic heterocycles. The number of hydrogen-bond acceptors (Lipinski definition) is 8. The Hall–Kier alpha value is -3.79. The number of aromatic nitrogens is 5. The number of rotatable bonds is 10. The number of aliphatic hydroxyl groups excluding tert-OH is 1. The Morgan fingerprint density at radius 2 is 2.09 bits per heavy atom. The fourth-order valence-electron chi connectivity index (χ4n) is 3.72. The molecule has 3 heterocycles. The second-order valence-corrected chi connectivity index (χ2v) is 8.22. The van der Waals surface area contributed by atoms with E-state index in [2.05, 4.69) is 37.8 Å². The number of amides is 1. The second-order valence-electron chi connectivity index (χ2n) is 8.22. The first-order chi connectivity index (χ1) is 16.4. The maximum atomic E-state index is 12.5. The zero-order valence-corrected chi connectivity index (χ0v) is 19.6. The number of hydrogen-bond donors (Lipinski definition) is 3. The summed E-state index contributed by atoms with van der Waals surface area (Å²) in [4.78, 5) is 21.2. The maximum absolute atomic E-state index is 12.5. The number of nitrogens with zero attached hydrogens (tertiary/aromatic N) is 5. The summed E-state index contributed by atoms with van der Waals surface area (Å²) < 4.78 is 6.83. The highest BCUT2D eigenvalue weighted by Gasteiger charge is 2.18. The standard InChI is InChI=1S/C24H29N7O3/c1-4-5-6-7-18-13-21(29-31(18)3)28-24(33)20(32)14-26-23-19-12-17(22-27-15(2)34-30-22)9-8-16(19)10-11-25-23/h8-13,20,32H,4-7,14H2,1-3H3,(H,25,26)(H,28,29,33)/t20-/m0/s1. The van der Waals surface area contributed by atoms with E-state index in [1.54, 1.807) is 17.8 Å². The molecule has 0 bridgehead atoms. The van der Waals surface area contributed by atoms with Gasteiger partial charge in [-0.15, -0.1) is 0 Å². The van der Waals surface area contributed by atoms with Crippen molar-refractivity contribution in [1.82, 2.24) is 24.9 Å². The number of carbonyl (C=O) groups excluding carboxylic acids is 1. The van der Waals surface area contributed by atoms with E-state index >= 15 is 0 Å². The molecule has 10 heteroatoms. The van der Waals surface area contributed by atoms with Crippen molar-refractivity contribution in [3.63, 3.8) is 0 Å². The molecule has 4 aromatic rings. The van der Waals surface area contributed by atoms with Crippen molar-refractivity contribution >= 4 is 28.3 Å². The summed E-state index contributed by atoms with van der Waals surface area (Å²) in [5.74, 6) is 1.41. The quantitative estimate of drug-likeness (QED) is 0.305. The van der Waals surface area contributed by atoms with Gasteiger partial charge in [0.2, 0.25) is 11.7 Å². The first kappa shape index (κ1) is 23.4. The van der Waals surface area contributed by atoms with Crippen molar-refractivity contribution in [2.24, 2.45) is 7.05 Å². The molecule has 4 rings (SSSR count). The lowest BCUT2D eigenvalue weighted by atomic mass is 10.1. The van der Waals surface area contributed by atoms with Crippen LogP contribution in [0.5, 0.6) is 0 Å². The Bertz CT molecular complexity index is 1280. The molecule has 3 N–H and O–H groups in total. The number of fused-ring (bicyclic) bond motifs is 1. The summed E-state index contributed by atoms with van der Waals surface area (Å²) in [6.07, 6.45) is 4.64. The van der Waals surface area contributed by atoms with Gasteiger partial charge in [-0.3, -0.25) is 9.48 Å². The Kier molecular flexibility index (Phi) is 7.17. The van der Waals surface area contributed by atoms with Gasteiger partial charge in [0.25, 0.3) is 5.91 Å². The molecule has 178 valence electrons. The van der Waals surface area contributed by atoms with Gasteiger partial charge in [-0.2, -0.15) is 10.1 Å². The van der Waals surface area contributed by atoms with Crippen LogP contribution in [0.2, 0.25) is 0 Å². The Balaban J connectivity index is 1.41. The lowest BCUT2D eigenvalue weighted by Crippen LogP contribution is -2.34. The van der Waals surface area contributed by atoms with Crippen LogP contribution in [0.15, 0.2) is 41.1 Å². The highest BCUT2D eigenvalue weighted by atomic mass is 16.5. The number of unbranched alkanes of at least 4 members (excludes halogenated alkanes) is 2. The third-order valence-electron chi connectivity index (χ3n) is 5.58. The van der Waals surface area contributed by atoms with Crippen LogP contribution in [0.25, 0.3) is 22.2 Å². The third-order valence-corrected chi connectivity index (χ3v) is 5.58. The molecule has 34 heavy (non-hydrogen) atoms. The predicted molar refractivity (Wildman–Crippen MR) is 129 cm³/mol. The Morgan fingerprint density at radius 3 is 2.85 bits per heavy atom. The molecule has 0 aliphatic rings. The molecule has 0 spiro atoms. The van der Waals surface area contributed by atoms with E-state index in [1.807, 2.05) is 37.4 Å². The molecular formula is C24H29N7O3. The fraction of sp³-hybridized carbons (Fsp3) is 0.375. The molecule has 0 fully saturated rings. The van der Waals surface area contributed by atoms with Gasteiger partial charge in [-0.05, 0) is 30.4 Å². The molecule has 1 amide bonds. The van der Waals surface area contributed by atoms with Crippen LogP contribution >= 0.6 is 0 Å². The minimum atomic E-state index is -1.29. The summed E-state index contributed by atoms with van der Waals surface area (Å²) in [6, 6.07) is 9.47. The van der Waals surface area contributed by atoms with Crippen LogP contribution in [0.1, 0.15) is 37.8 Å². The van der Waals surface area contributed by atoms with Crippen molar-refractivity contribution in [3.8, 4) is 11.4 Å². The molecule has 1 atom stereocenters. The van der Waals surface area contributed by atoms with E-state index in [0.29, 0.717) is 23.4 Å². The van der Waals surface area contributed by atoms with Crippen LogP contribution in [0.3, 0.4) is 0 Å². The van der Waals surface area contributed by atoms with Crippen LogP contribution in [0.4, 0.5) is 11.6 Å². The topological polar surface area (TPSA) is 131 Å². The van der Waals surface area contributed by atoms with E-state index in [9.17, 15) is 9.90 Å². The van der Waals surface area contributed by atoms with E-state index in [-0.39, 0.29) is 6.54 Å². The minimum absolute atomic E-state index is 0.0142. The van der Waals surface area contributed by atoms with Crippen molar-refractivity contribution in [3.05, 3.63) is 48.1 Å². The second kappa shape index (κ2) is 10.4. The number of carbonyl (C=O) groups is 1. The highest BCUT2D eigenvalue weighted by Crippen LogP contribution is 2.26. The largest absolute Gasteiger partial charge is 0.381 e. The number of pyridine rings is 1. The van der Waals surface area contributed by atoms with Crippen LogP contribution in [0, 0.1) is 6.92 Å². The first-order valence-electron chi connectivity index (χ1n) is 11.4. The van der Waals surface area contributed by atoms with Crippen molar-refractivity contribution in [1.29, 1.82) is 0 Å². The molecule has 0 aliphatic carbocycles. The average molecular weight is 464 g/mol. The normalized spacial score (nSPS) is 12.1. The molecular weight excluding hydrogens is 434 g/mol. The van der Waals surface area contributed by atoms with Gasteiger partial charge in [-0.1, -0.05) is 37.1 Å². The Morgan fingerprint density at radius 1 is 1.24 bits per heavy atom. The number of anilines is 2. The van der Waals surface area contributed by atoms with Crippen LogP contribution in [-0.2, 0) is 18.3 Å². The zero-order valence-electron chi connectivity index (χ0n) is 19.6. The van der Waals surface area contributed by atoms with E-state index < -0.39 is 12.0 Å². The lowest BCUT2D eigenvalue weighted by Gasteiger charge is -2.13. The monoisotopic (exact) mass is 463 g/mol. The van der Waals surface area contributed by atoms with Gasteiger partial charge in [0.05, 0.1) is 6.54 Å². The smallest absolute Gasteiger partial charge is 0.256 e. The zero-order chi connectivity index (χ0) is 24.1. The SMILES string of the molecule is CCCCCc1cc(NC(=O)[C@@H](O)CNc2nccc3ccc(-c4noc(C)n4)cc23)nn1C. The molecule has 10 nitrogen and oxygen atoms in total. The van der Waals surface area contributed by atoms with E-state index in [4.69, 9.17) is 4.52 Å². The average Bonchev–Trinajstić information content (AvgIpc) is 3.42. The molecule has 3 aromatic heterocycles. The summed E-state index contributed by atoms with van der Waals surface area (Å²) >= 11 is 0. The minimum Gasteiger partial charge on any atom is -0.381 e. The third kappa shape index (κ3) is 5.40. The van der Waals surface area contributed by atoms with Gasteiger partial charge in [-0.25, -0.2) is 4.98 Å². The number of benzene rings is 1. The number of aryl methyl sites for hydroxylation is 3. The van der Waals surface area contributed by atoms with Crippen LogP contribution in [-0.4, -0.2) is 48.6 Å². The maximum Gasteiger partial charge on any atom is 0.256 e. The van der Waals surface area contributed by atoms with Gasteiger partial charge in [0.15, 0.2) is 5.82 Å². The summed E-state index contributed by atoms with van der Waals surface area (Å²) in [7, 11) is 1.85. The van der Waals surface area contributed by atoms with Crippen molar-refractivity contribution in [2.45, 2.75) is 45.6 Å². The van der Waals surface area contributed by atoms with Crippen molar-refractivity contribution < 1.29 is 14.4 Å². The molecule has 0 unspecified atom stereocenters.